The fraction of sp³-hybridized carbons (Fsp3) is 0.550. The Hall–Kier alpha value is -2.17. The van der Waals surface area contributed by atoms with Crippen molar-refractivity contribution in [2.24, 2.45) is 5.92 Å². The van der Waals surface area contributed by atoms with E-state index in [9.17, 15) is 14.4 Å². The van der Waals surface area contributed by atoms with Crippen LogP contribution in [0.1, 0.15) is 73.1 Å². The Morgan fingerprint density at radius 1 is 1.08 bits per heavy atom. The maximum absolute atomic E-state index is 12.9. The highest BCUT2D eigenvalue weighted by molar-refractivity contribution is 6.22. The number of fused-ring (bicyclic) bond motifs is 1. The van der Waals surface area contributed by atoms with Crippen molar-refractivity contribution in [1.29, 1.82) is 0 Å². The van der Waals surface area contributed by atoms with E-state index in [-0.39, 0.29) is 29.7 Å². The largest absolute Gasteiger partial charge is 0.352 e. The van der Waals surface area contributed by atoms with Crippen molar-refractivity contribution in [3.8, 4) is 0 Å². The number of hydrogen-bond acceptors (Lipinski definition) is 3. The molecule has 1 atom stereocenters. The molecule has 1 heterocycles. The Balaban J connectivity index is 1.82. The summed E-state index contributed by atoms with van der Waals surface area (Å²) in [6.07, 6.45) is 5.87. The maximum atomic E-state index is 12.9. The second-order valence-corrected chi connectivity index (χ2v) is 7.51. The SMILES string of the molecule is CC(C)CC(C(=O)NC1CCCCC1)N1C(=O)c2ccccc2C1=O. The van der Waals surface area contributed by atoms with E-state index in [0.29, 0.717) is 17.5 Å². The summed E-state index contributed by atoms with van der Waals surface area (Å²) in [5.74, 6) is -0.711. The van der Waals surface area contributed by atoms with Gasteiger partial charge in [0.05, 0.1) is 11.1 Å². The van der Waals surface area contributed by atoms with Crippen LogP contribution in [0, 0.1) is 5.92 Å². The zero-order chi connectivity index (χ0) is 18.0. The zero-order valence-electron chi connectivity index (χ0n) is 15.0. The minimum atomic E-state index is -0.741. The molecule has 1 N–H and O–H groups in total. The Morgan fingerprint density at radius 3 is 2.16 bits per heavy atom. The number of carbonyl (C=O) groups excluding carboxylic acids is 3. The van der Waals surface area contributed by atoms with E-state index in [1.165, 1.54) is 11.3 Å². The zero-order valence-corrected chi connectivity index (χ0v) is 15.0. The summed E-state index contributed by atoms with van der Waals surface area (Å²) in [5, 5.41) is 3.08. The first-order chi connectivity index (χ1) is 12.0. The lowest BCUT2D eigenvalue weighted by Crippen LogP contribution is -2.52. The highest BCUT2D eigenvalue weighted by Gasteiger charge is 2.43. The van der Waals surface area contributed by atoms with Gasteiger partial charge in [0.25, 0.3) is 11.8 Å². The van der Waals surface area contributed by atoms with Crippen LogP contribution < -0.4 is 5.32 Å². The van der Waals surface area contributed by atoms with Crippen molar-refractivity contribution in [3.05, 3.63) is 35.4 Å². The summed E-state index contributed by atoms with van der Waals surface area (Å²) >= 11 is 0. The number of hydrogen-bond donors (Lipinski definition) is 1. The Bertz CT molecular complexity index is 642. The van der Waals surface area contributed by atoms with E-state index < -0.39 is 6.04 Å². The lowest BCUT2D eigenvalue weighted by atomic mass is 9.94. The van der Waals surface area contributed by atoms with Crippen molar-refractivity contribution in [3.63, 3.8) is 0 Å². The van der Waals surface area contributed by atoms with Gasteiger partial charge in [0.2, 0.25) is 5.91 Å². The molecule has 134 valence electrons. The fourth-order valence-corrected chi connectivity index (χ4v) is 3.81. The minimum Gasteiger partial charge on any atom is -0.352 e. The second-order valence-electron chi connectivity index (χ2n) is 7.51. The normalized spacial score (nSPS) is 19.2. The molecule has 0 saturated heterocycles. The van der Waals surface area contributed by atoms with E-state index in [1.54, 1.807) is 24.3 Å². The van der Waals surface area contributed by atoms with Crippen molar-refractivity contribution in [1.82, 2.24) is 10.2 Å². The molecule has 1 saturated carbocycles. The average Bonchev–Trinajstić information content (AvgIpc) is 2.85. The van der Waals surface area contributed by atoms with Crippen LogP contribution in [0.5, 0.6) is 0 Å². The Labute approximate surface area is 148 Å². The highest BCUT2D eigenvalue weighted by atomic mass is 16.2. The van der Waals surface area contributed by atoms with Gasteiger partial charge in [-0.1, -0.05) is 45.2 Å². The van der Waals surface area contributed by atoms with E-state index in [1.807, 2.05) is 13.8 Å². The van der Waals surface area contributed by atoms with Crippen LogP contribution in [0.3, 0.4) is 0 Å². The number of carbonyl (C=O) groups is 3. The van der Waals surface area contributed by atoms with E-state index in [2.05, 4.69) is 5.32 Å². The Morgan fingerprint density at radius 2 is 1.64 bits per heavy atom. The lowest BCUT2D eigenvalue weighted by Gasteiger charge is -2.30. The first-order valence-corrected chi connectivity index (χ1v) is 9.26. The van der Waals surface area contributed by atoms with Crippen LogP contribution in [-0.2, 0) is 4.79 Å². The summed E-state index contributed by atoms with van der Waals surface area (Å²) in [7, 11) is 0. The van der Waals surface area contributed by atoms with Crippen LogP contribution in [0.25, 0.3) is 0 Å². The minimum absolute atomic E-state index is 0.158. The van der Waals surface area contributed by atoms with Crippen molar-refractivity contribution < 1.29 is 14.4 Å². The van der Waals surface area contributed by atoms with E-state index in [0.717, 1.165) is 25.7 Å². The van der Waals surface area contributed by atoms with Crippen LogP contribution >= 0.6 is 0 Å². The number of amides is 3. The van der Waals surface area contributed by atoms with Crippen LogP contribution in [0.2, 0.25) is 0 Å². The Kier molecular flexibility index (Phi) is 5.21. The molecule has 1 unspecified atom stereocenters. The van der Waals surface area contributed by atoms with E-state index >= 15 is 0 Å². The summed E-state index contributed by atoms with van der Waals surface area (Å²) in [4.78, 5) is 39.6. The molecule has 5 nitrogen and oxygen atoms in total. The van der Waals surface area contributed by atoms with Gasteiger partial charge in [0.1, 0.15) is 6.04 Å². The molecule has 0 aromatic heterocycles. The third-order valence-electron chi connectivity index (χ3n) is 5.09. The van der Waals surface area contributed by atoms with E-state index in [4.69, 9.17) is 0 Å². The molecule has 2 aliphatic rings. The average molecular weight is 342 g/mol. The smallest absolute Gasteiger partial charge is 0.262 e. The van der Waals surface area contributed by atoms with Crippen molar-refractivity contribution >= 4 is 17.7 Å². The third-order valence-corrected chi connectivity index (χ3v) is 5.09. The molecule has 0 radical (unpaired) electrons. The molecule has 5 heteroatoms. The van der Waals surface area contributed by atoms with Gasteiger partial charge in [-0.15, -0.1) is 0 Å². The summed E-state index contributed by atoms with van der Waals surface area (Å²) in [6.45, 7) is 4.00. The fourth-order valence-electron chi connectivity index (χ4n) is 3.81. The molecule has 3 rings (SSSR count). The summed E-state index contributed by atoms with van der Waals surface area (Å²) < 4.78 is 0. The first kappa shape index (κ1) is 17.6. The lowest BCUT2D eigenvalue weighted by molar-refractivity contribution is -0.126. The molecular formula is C20H26N2O3. The molecule has 3 amide bonds. The maximum Gasteiger partial charge on any atom is 0.262 e. The molecule has 1 aliphatic heterocycles. The van der Waals surface area contributed by atoms with Crippen LogP contribution in [0.4, 0.5) is 0 Å². The van der Waals surface area contributed by atoms with Gasteiger partial charge >= 0.3 is 0 Å². The van der Waals surface area contributed by atoms with Gasteiger partial charge in [0.15, 0.2) is 0 Å². The number of nitrogens with one attached hydrogen (secondary N) is 1. The number of rotatable bonds is 5. The topological polar surface area (TPSA) is 66.5 Å². The number of imide groups is 1. The summed E-state index contributed by atoms with van der Waals surface area (Å²) in [6, 6.07) is 6.21. The molecular weight excluding hydrogens is 316 g/mol. The molecule has 1 aliphatic carbocycles. The molecule has 1 aromatic carbocycles. The molecule has 1 aromatic rings. The van der Waals surface area contributed by atoms with Crippen molar-refractivity contribution in [2.45, 2.75) is 64.5 Å². The highest BCUT2D eigenvalue weighted by Crippen LogP contribution is 2.27. The third kappa shape index (κ3) is 3.60. The van der Waals surface area contributed by atoms with Gasteiger partial charge in [-0.3, -0.25) is 19.3 Å². The molecule has 0 bridgehead atoms. The van der Waals surface area contributed by atoms with Gasteiger partial charge in [-0.25, -0.2) is 0 Å². The first-order valence-electron chi connectivity index (χ1n) is 9.26. The number of nitrogens with zero attached hydrogens (tertiary/aromatic N) is 1. The van der Waals surface area contributed by atoms with Gasteiger partial charge in [-0.2, -0.15) is 0 Å². The van der Waals surface area contributed by atoms with Crippen LogP contribution in [-0.4, -0.2) is 34.7 Å². The van der Waals surface area contributed by atoms with Gasteiger partial charge < -0.3 is 5.32 Å². The van der Waals surface area contributed by atoms with Crippen molar-refractivity contribution in [2.75, 3.05) is 0 Å². The molecule has 1 fully saturated rings. The second kappa shape index (κ2) is 7.38. The molecule has 0 spiro atoms. The summed E-state index contributed by atoms with van der Waals surface area (Å²) in [5.41, 5.74) is 0.790. The standard InChI is InChI=1S/C20H26N2O3/c1-13(2)12-17(18(23)21-14-8-4-3-5-9-14)22-19(24)15-10-6-7-11-16(15)20(22)25/h6-7,10-11,13-14,17H,3-5,8-9,12H2,1-2H3,(H,21,23). The monoisotopic (exact) mass is 342 g/mol. The van der Waals surface area contributed by atoms with Gasteiger partial charge in [-0.05, 0) is 37.3 Å². The number of benzene rings is 1. The van der Waals surface area contributed by atoms with Gasteiger partial charge in [0, 0.05) is 6.04 Å². The van der Waals surface area contributed by atoms with Crippen LogP contribution in [0.15, 0.2) is 24.3 Å². The predicted octanol–water partition coefficient (Wildman–Crippen LogP) is 3.15. The predicted molar refractivity (Wildman–Crippen MR) is 95.2 cm³/mol. The molecule has 25 heavy (non-hydrogen) atoms. The quantitative estimate of drug-likeness (QED) is 0.836.